The zero-order valence-electron chi connectivity index (χ0n) is 14.5. The molecule has 1 aromatic heterocycles. The van der Waals surface area contributed by atoms with Gasteiger partial charge in [0.05, 0.1) is 4.92 Å². The number of nitrogens with one attached hydrogen (secondary N) is 1. The molecular weight excluding hydrogens is 320 g/mol. The number of fused-ring (bicyclic) bond motifs is 1. The Bertz CT molecular complexity index is 821. The minimum atomic E-state index is -0.381. The first-order valence-electron chi connectivity index (χ1n) is 8.50. The third-order valence-corrected chi connectivity index (χ3v) is 4.62. The van der Waals surface area contributed by atoms with Crippen molar-refractivity contribution in [2.24, 2.45) is 5.92 Å². The second kappa shape index (κ2) is 7.04. The highest BCUT2D eigenvalue weighted by atomic mass is 16.6. The topological polar surface area (TPSA) is 88.4 Å². The van der Waals surface area contributed by atoms with Gasteiger partial charge in [-0.15, -0.1) is 0 Å². The van der Waals surface area contributed by atoms with E-state index in [0.717, 1.165) is 42.7 Å². The largest absolute Gasteiger partial charge is 0.371 e. The fourth-order valence-corrected chi connectivity index (χ4v) is 3.49. The Labute approximate surface area is 146 Å². The van der Waals surface area contributed by atoms with E-state index in [2.05, 4.69) is 15.2 Å². The molecule has 2 heterocycles. The van der Waals surface area contributed by atoms with E-state index in [4.69, 9.17) is 0 Å². The van der Waals surface area contributed by atoms with Crippen LogP contribution in [0.2, 0.25) is 0 Å². The second-order valence-corrected chi connectivity index (χ2v) is 6.60. The number of nitro benzene ring substituents is 1. The summed E-state index contributed by atoms with van der Waals surface area (Å²) in [6.07, 6.45) is 2.10. The summed E-state index contributed by atoms with van der Waals surface area (Å²) in [5, 5.41) is 15.0. The fraction of sp³-hybridized carbons (Fsp3) is 0.444. The minimum absolute atomic E-state index is 0.0158. The van der Waals surface area contributed by atoms with Gasteiger partial charge in [0.25, 0.3) is 5.69 Å². The second-order valence-electron chi connectivity index (χ2n) is 6.60. The van der Waals surface area contributed by atoms with Crippen molar-refractivity contribution in [3.8, 4) is 0 Å². The first-order valence-corrected chi connectivity index (χ1v) is 8.50. The molecule has 0 bridgehead atoms. The average molecular weight is 342 g/mol. The number of para-hydroxylation sites is 1. The van der Waals surface area contributed by atoms with E-state index in [9.17, 15) is 14.9 Å². The molecule has 1 N–H and O–H groups in total. The molecule has 1 aromatic carbocycles. The molecule has 0 aliphatic carbocycles. The summed E-state index contributed by atoms with van der Waals surface area (Å²) in [6.45, 7) is 5.77. The molecule has 3 rings (SSSR count). The highest BCUT2D eigenvalue weighted by Gasteiger charge is 2.24. The molecule has 1 amide bonds. The molecule has 1 saturated heterocycles. The van der Waals surface area contributed by atoms with Gasteiger partial charge in [-0.3, -0.25) is 14.9 Å². The highest BCUT2D eigenvalue weighted by Crippen LogP contribution is 2.34. The average Bonchev–Trinajstić information content (AvgIpc) is 2.58. The van der Waals surface area contributed by atoms with Crippen LogP contribution in [0.1, 0.15) is 25.5 Å². The molecule has 1 unspecified atom stereocenters. The zero-order chi connectivity index (χ0) is 18.0. The summed E-state index contributed by atoms with van der Waals surface area (Å²) in [7, 11) is 0. The highest BCUT2D eigenvalue weighted by molar-refractivity contribution is 5.97. The molecule has 25 heavy (non-hydrogen) atoms. The number of piperidine rings is 1. The SMILES string of the molecule is CC(=O)NCC1CCCN(c2cc(C)nc3c([N+](=O)[O-])cccc23)C1. The standard InChI is InChI=1S/C18H22N4O3/c1-12-9-17(15-6-3-7-16(22(24)25)18(15)20-12)21-8-4-5-14(11-21)10-19-13(2)23/h3,6-7,9,14H,4-5,8,10-11H2,1-2H3,(H,19,23). The normalized spacial score (nSPS) is 17.5. The first kappa shape index (κ1) is 17.1. The Morgan fingerprint density at radius 3 is 3.00 bits per heavy atom. The van der Waals surface area contributed by atoms with Crippen molar-refractivity contribution in [3.63, 3.8) is 0 Å². The van der Waals surface area contributed by atoms with Gasteiger partial charge < -0.3 is 10.2 Å². The van der Waals surface area contributed by atoms with E-state index in [0.29, 0.717) is 18.0 Å². The molecule has 1 fully saturated rings. The molecule has 132 valence electrons. The minimum Gasteiger partial charge on any atom is -0.371 e. The van der Waals surface area contributed by atoms with E-state index in [-0.39, 0.29) is 16.5 Å². The zero-order valence-corrected chi connectivity index (χ0v) is 14.5. The monoisotopic (exact) mass is 342 g/mol. The third-order valence-electron chi connectivity index (χ3n) is 4.62. The predicted octanol–water partition coefficient (Wildman–Crippen LogP) is 2.80. The number of rotatable bonds is 4. The number of carbonyl (C=O) groups is 1. The summed E-state index contributed by atoms with van der Waals surface area (Å²) >= 11 is 0. The number of hydrogen-bond donors (Lipinski definition) is 1. The van der Waals surface area contributed by atoms with Crippen LogP contribution >= 0.6 is 0 Å². The number of hydrogen-bond acceptors (Lipinski definition) is 5. The number of aromatic nitrogens is 1. The fourth-order valence-electron chi connectivity index (χ4n) is 3.49. The molecule has 0 spiro atoms. The van der Waals surface area contributed by atoms with Crippen molar-refractivity contribution in [1.82, 2.24) is 10.3 Å². The number of pyridine rings is 1. The van der Waals surface area contributed by atoms with Crippen molar-refractivity contribution >= 4 is 28.2 Å². The van der Waals surface area contributed by atoms with Gasteiger partial charge >= 0.3 is 0 Å². The molecule has 7 heteroatoms. The maximum Gasteiger partial charge on any atom is 0.295 e. The predicted molar refractivity (Wildman–Crippen MR) is 96.8 cm³/mol. The maximum atomic E-state index is 11.3. The molecule has 0 radical (unpaired) electrons. The molecule has 2 aromatic rings. The number of nitrogens with zero attached hydrogens (tertiary/aromatic N) is 3. The Kier molecular flexibility index (Phi) is 4.83. The van der Waals surface area contributed by atoms with Crippen LogP contribution in [0.25, 0.3) is 10.9 Å². The van der Waals surface area contributed by atoms with Crippen LogP contribution in [-0.4, -0.2) is 35.4 Å². The number of nitro groups is 1. The molecule has 1 aliphatic heterocycles. The summed E-state index contributed by atoms with van der Waals surface area (Å²) in [4.78, 5) is 28.8. The van der Waals surface area contributed by atoms with Crippen LogP contribution in [-0.2, 0) is 4.79 Å². The van der Waals surface area contributed by atoms with Crippen molar-refractivity contribution in [2.45, 2.75) is 26.7 Å². The van der Waals surface area contributed by atoms with Gasteiger partial charge in [-0.1, -0.05) is 12.1 Å². The van der Waals surface area contributed by atoms with Crippen LogP contribution in [0, 0.1) is 23.0 Å². The summed E-state index contributed by atoms with van der Waals surface area (Å²) in [5.74, 6) is 0.359. The smallest absolute Gasteiger partial charge is 0.295 e. The lowest BCUT2D eigenvalue weighted by molar-refractivity contribution is -0.383. The van der Waals surface area contributed by atoms with Crippen molar-refractivity contribution in [1.29, 1.82) is 0 Å². The molecule has 1 aliphatic rings. The molecule has 1 atom stereocenters. The van der Waals surface area contributed by atoms with E-state index in [1.807, 2.05) is 19.1 Å². The maximum absolute atomic E-state index is 11.3. The van der Waals surface area contributed by atoms with E-state index in [1.54, 1.807) is 6.07 Å². The molecular formula is C18H22N4O3. The van der Waals surface area contributed by atoms with E-state index in [1.165, 1.54) is 13.0 Å². The Hall–Kier alpha value is -2.70. The number of non-ortho nitro benzene ring substituents is 1. The number of aryl methyl sites for hydroxylation is 1. The van der Waals surface area contributed by atoms with Crippen LogP contribution in [0.15, 0.2) is 24.3 Å². The lowest BCUT2D eigenvalue weighted by atomic mass is 9.96. The number of carbonyl (C=O) groups excluding carboxylic acids is 1. The Morgan fingerprint density at radius 1 is 1.48 bits per heavy atom. The first-order chi connectivity index (χ1) is 12.0. The van der Waals surface area contributed by atoms with Gasteiger partial charge in [-0.2, -0.15) is 0 Å². The van der Waals surface area contributed by atoms with Crippen LogP contribution in [0.3, 0.4) is 0 Å². The number of anilines is 1. The van der Waals surface area contributed by atoms with Crippen molar-refractivity contribution in [3.05, 3.63) is 40.1 Å². The lowest BCUT2D eigenvalue weighted by Crippen LogP contribution is -2.40. The molecule has 0 saturated carbocycles. The van der Waals surface area contributed by atoms with Gasteiger partial charge in [-0.25, -0.2) is 4.98 Å². The van der Waals surface area contributed by atoms with Gasteiger partial charge in [0.2, 0.25) is 5.91 Å². The summed E-state index contributed by atoms with van der Waals surface area (Å²) in [6, 6.07) is 7.09. The Morgan fingerprint density at radius 2 is 2.28 bits per heavy atom. The number of benzene rings is 1. The van der Waals surface area contributed by atoms with Crippen molar-refractivity contribution < 1.29 is 9.72 Å². The van der Waals surface area contributed by atoms with Gasteiger partial charge in [0, 0.05) is 49.4 Å². The van der Waals surface area contributed by atoms with Gasteiger partial charge in [0.1, 0.15) is 0 Å². The van der Waals surface area contributed by atoms with Crippen molar-refractivity contribution in [2.75, 3.05) is 24.5 Å². The van der Waals surface area contributed by atoms with E-state index >= 15 is 0 Å². The molecule has 7 nitrogen and oxygen atoms in total. The van der Waals surface area contributed by atoms with Crippen LogP contribution in [0.4, 0.5) is 11.4 Å². The number of amides is 1. The third kappa shape index (κ3) is 3.70. The van der Waals surface area contributed by atoms with Gasteiger partial charge in [0.15, 0.2) is 5.52 Å². The summed E-state index contributed by atoms with van der Waals surface area (Å²) in [5.41, 5.74) is 2.22. The van der Waals surface area contributed by atoms with E-state index < -0.39 is 0 Å². The Balaban J connectivity index is 1.96. The summed E-state index contributed by atoms with van der Waals surface area (Å²) < 4.78 is 0. The van der Waals surface area contributed by atoms with Crippen LogP contribution in [0.5, 0.6) is 0 Å². The van der Waals surface area contributed by atoms with Crippen LogP contribution < -0.4 is 10.2 Å². The lowest BCUT2D eigenvalue weighted by Gasteiger charge is -2.35. The van der Waals surface area contributed by atoms with Gasteiger partial charge in [-0.05, 0) is 31.7 Å². The quantitative estimate of drug-likeness (QED) is 0.682.